The molecule has 0 aliphatic carbocycles. The van der Waals surface area contributed by atoms with Crippen molar-refractivity contribution in [3.63, 3.8) is 0 Å². The first-order valence-corrected chi connectivity index (χ1v) is 7.90. The third-order valence-corrected chi connectivity index (χ3v) is 3.62. The minimum absolute atomic E-state index is 0.0907. The zero-order valence-corrected chi connectivity index (χ0v) is 14.3. The first-order chi connectivity index (χ1) is 10.8. The second kappa shape index (κ2) is 9.47. The molecule has 0 bridgehead atoms. The molecule has 0 fully saturated rings. The molecule has 1 rings (SSSR count). The molecule has 23 heavy (non-hydrogen) atoms. The maximum Gasteiger partial charge on any atom is 0.315 e. The minimum atomic E-state index is -0.326. The van der Waals surface area contributed by atoms with Crippen molar-refractivity contribution in [2.24, 2.45) is 5.92 Å². The normalized spacial score (nSPS) is 13.9. The van der Waals surface area contributed by atoms with Crippen LogP contribution in [0.1, 0.15) is 31.9 Å². The second-order valence-corrected chi connectivity index (χ2v) is 6.40. The topological polar surface area (TPSA) is 64.6 Å². The number of urea groups is 1. The highest BCUT2D eigenvalue weighted by atomic mass is 19.1. The van der Waals surface area contributed by atoms with Crippen LogP contribution in [0.4, 0.5) is 9.18 Å². The van der Waals surface area contributed by atoms with E-state index in [1.165, 1.54) is 12.1 Å². The predicted octanol–water partition coefficient (Wildman–Crippen LogP) is 2.13. The maximum absolute atomic E-state index is 13.4. The average molecular weight is 325 g/mol. The molecule has 0 saturated heterocycles. The van der Waals surface area contributed by atoms with Crippen LogP contribution >= 0.6 is 0 Å². The molecule has 130 valence electrons. The van der Waals surface area contributed by atoms with Gasteiger partial charge in [-0.05, 0) is 44.1 Å². The fourth-order valence-corrected chi connectivity index (χ4v) is 2.49. The van der Waals surface area contributed by atoms with Crippen LogP contribution in [-0.2, 0) is 0 Å². The predicted molar refractivity (Wildman–Crippen MR) is 89.7 cm³/mol. The fourth-order valence-electron chi connectivity index (χ4n) is 2.49. The zero-order chi connectivity index (χ0) is 17.4. The molecule has 1 aromatic carbocycles. The van der Waals surface area contributed by atoms with Gasteiger partial charge in [0.05, 0.1) is 18.7 Å². The summed E-state index contributed by atoms with van der Waals surface area (Å²) < 4.78 is 13.4. The molecule has 2 amide bonds. The number of aliphatic hydroxyl groups is 1. The lowest BCUT2D eigenvalue weighted by Crippen LogP contribution is -2.46. The van der Waals surface area contributed by atoms with Gasteiger partial charge in [0, 0.05) is 6.54 Å². The van der Waals surface area contributed by atoms with Gasteiger partial charge in [-0.1, -0.05) is 26.0 Å². The number of likely N-dealkylation sites (N-methyl/N-ethyl adjacent to an activating group) is 1. The summed E-state index contributed by atoms with van der Waals surface area (Å²) in [5, 5.41) is 14.9. The maximum atomic E-state index is 13.4. The van der Waals surface area contributed by atoms with E-state index >= 15 is 0 Å². The van der Waals surface area contributed by atoms with E-state index in [1.54, 1.807) is 6.07 Å². The molecule has 3 N–H and O–H groups in total. The number of nitrogens with one attached hydrogen (secondary N) is 2. The number of halogens is 1. The smallest absolute Gasteiger partial charge is 0.315 e. The van der Waals surface area contributed by atoms with Crippen molar-refractivity contribution in [2.75, 3.05) is 27.2 Å². The van der Waals surface area contributed by atoms with Crippen molar-refractivity contribution < 1.29 is 14.3 Å². The van der Waals surface area contributed by atoms with E-state index < -0.39 is 0 Å². The number of nitrogens with zero attached hydrogens (tertiary/aromatic N) is 1. The average Bonchev–Trinajstić information content (AvgIpc) is 2.46. The number of aliphatic hydroxyl groups excluding tert-OH is 1. The van der Waals surface area contributed by atoms with Crippen LogP contribution in [0, 0.1) is 11.7 Å². The Kier molecular flexibility index (Phi) is 7.98. The standard InChI is InChI=1S/C17H28FN3O2/c1-12(2)8-15(11-22)20-17(23)19-10-16(21(3)4)13-6-5-7-14(18)9-13/h5-7,9,12,15-16,22H,8,10-11H2,1-4H3,(H2,19,20,23). The lowest BCUT2D eigenvalue weighted by Gasteiger charge is -2.26. The van der Waals surface area contributed by atoms with Crippen LogP contribution < -0.4 is 10.6 Å². The van der Waals surface area contributed by atoms with Crippen LogP contribution in [0.5, 0.6) is 0 Å². The molecule has 0 heterocycles. The van der Waals surface area contributed by atoms with E-state index in [2.05, 4.69) is 10.6 Å². The van der Waals surface area contributed by atoms with Gasteiger partial charge in [0.15, 0.2) is 0 Å². The number of carbonyl (C=O) groups excluding carboxylic acids is 1. The van der Waals surface area contributed by atoms with Crippen molar-refractivity contribution in [1.82, 2.24) is 15.5 Å². The van der Waals surface area contributed by atoms with E-state index in [1.807, 2.05) is 38.9 Å². The molecule has 2 unspecified atom stereocenters. The Balaban J connectivity index is 2.60. The first-order valence-electron chi connectivity index (χ1n) is 7.90. The van der Waals surface area contributed by atoms with Gasteiger partial charge in [0.25, 0.3) is 0 Å². The van der Waals surface area contributed by atoms with Crippen LogP contribution in [0.3, 0.4) is 0 Å². The van der Waals surface area contributed by atoms with Crippen molar-refractivity contribution in [2.45, 2.75) is 32.4 Å². The van der Waals surface area contributed by atoms with Crippen molar-refractivity contribution >= 4 is 6.03 Å². The number of hydrogen-bond acceptors (Lipinski definition) is 3. The van der Waals surface area contributed by atoms with E-state index in [9.17, 15) is 14.3 Å². The van der Waals surface area contributed by atoms with Gasteiger partial charge in [-0.3, -0.25) is 0 Å². The molecule has 0 aliphatic rings. The molecule has 1 aromatic rings. The quantitative estimate of drug-likeness (QED) is 0.686. The zero-order valence-electron chi connectivity index (χ0n) is 14.3. The molecule has 0 radical (unpaired) electrons. The molecular formula is C17H28FN3O2. The van der Waals surface area contributed by atoms with E-state index in [4.69, 9.17) is 0 Å². The summed E-state index contributed by atoms with van der Waals surface area (Å²) in [4.78, 5) is 13.9. The van der Waals surface area contributed by atoms with Crippen LogP contribution in [0.25, 0.3) is 0 Å². The van der Waals surface area contributed by atoms with E-state index in [0.29, 0.717) is 18.9 Å². The number of amides is 2. The summed E-state index contributed by atoms with van der Waals surface area (Å²) in [5.74, 6) is 0.0883. The second-order valence-electron chi connectivity index (χ2n) is 6.40. The van der Waals surface area contributed by atoms with Crippen LogP contribution in [0.2, 0.25) is 0 Å². The van der Waals surface area contributed by atoms with Gasteiger partial charge in [0.2, 0.25) is 0 Å². The highest BCUT2D eigenvalue weighted by Gasteiger charge is 2.17. The van der Waals surface area contributed by atoms with Crippen LogP contribution in [0.15, 0.2) is 24.3 Å². The van der Waals surface area contributed by atoms with Gasteiger partial charge in [-0.25, -0.2) is 9.18 Å². The van der Waals surface area contributed by atoms with E-state index in [0.717, 1.165) is 5.56 Å². The van der Waals surface area contributed by atoms with Crippen LogP contribution in [-0.4, -0.2) is 49.3 Å². The molecule has 0 spiro atoms. The summed E-state index contributed by atoms with van der Waals surface area (Å²) >= 11 is 0. The number of hydrogen-bond donors (Lipinski definition) is 3. The van der Waals surface area contributed by atoms with Crippen molar-refractivity contribution in [1.29, 1.82) is 0 Å². The van der Waals surface area contributed by atoms with Crippen molar-refractivity contribution in [3.05, 3.63) is 35.6 Å². The summed E-state index contributed by atoms with van der Waals surface area (Å²) in [6.45, 7) is 4.33. The Morgan fingerprint density at radius 3 is 2.57 bits per heavy atom. The number of carbonyl (C=O) groups is 1. The van der Waals surface area contributed by atoms with Crippen molar-refractivity contribution in [3.8, 4) is 0 Å². The molecule has 0 aliphatic heterocycles. The first kappa shape index (κ1) is 19.4. The molecule has 6 heteroatoms. The molecular weight excluding hydrogens is 297 g/mol. The minimum Gasteiger partial charge on any atom is -0.394 e. The summed E-state index contributed by atoms with van der Waals surface area (Å²) in [7, 11) is 3.76. The Labute approximate surface area is 137 Å². The Morgan fingerprint density at radius 2 is 2.04 bits per heavy atom. The summed E-state index contributed by atoms with van der Waals surface area (Å²) in [6.07, 6.45) is 0.713. The van der Waals surface area contributed by atoms with Gasteiger partial charge in [-0.2, -0.15) is 0 Å². The Hall–Kier alpha value is -1.66. The Bertz CT molecular complexity index is 494. The highest BCUT2D eigenvalue weighted by molar-refractivity contribution is 5.74. The largest absolute Gasteiger partial charge is 0.394 e. The lowest BCUT2D eigenvalue weighted by atomic mass is 10.0. The molecule has 0 saturated carbocycles. The third-order valence-electron chi connectivity index (χ3n) is 3.62. The van der Waals surface area contributed by atoms with Gasteiger partial charge < -0.3 is 20.6 Å². The molecule has 5 nitrogen and oxygen atoms in total. The molecule has 0 aromatic heterocycles. The van der Waals surface area contributed by atoms with Gasteiger partial charge in [-0.15, -0.1) is 0 Å². The highest BCUT2D eigenvalue weighted by Crippen LogP contribution is 2.18. The third kappa shape index (κ3) is 6.97. The summed E-state index contributed by atoms with van der Waals surface area (Å²) in [6, 6.07) is 5.64. The van der Waals surface area contributed by atoms with E-state index in [-0.39, 0.29) is 30.5 Å². The number of rotatable bonds is 8. The lowest BCUT2D eigenvalue weighted by molar-refractivity contribution is 0.203. The molecule has 2 atom stereocenters. The van der Waals surface area contributed by atoms with Gasteiger partial charge >= 0.3 is 6.03 Å². The SMILES string of the molecule is CC(C)CC(CO)NC(=O)NCC(c1cccc(F)c1)N(C)C. The van der Waals surface area contributed by atoms with Gasteiger partial charge in [0.1, 0.15) is 5.82 Å². The Morgan fingerprint density at radius 1 is 1.35 bits per heavy atom. The monoisotopic (exact) mass is 325 g/mol. The fraction of sp³-hybridized carbons (Fsp3) is 0.588. The summed E-state index contributed by atoms with van der Waals surface area (Å²) in [5.41, 5.74) is 0.802. The number of benzene rings is 1.